The first-order chi connectivity index (χ1) is 13.8. The normalized spacial score (nSPS) is 18.6. The highest BCUT2D eigenvalue weighted by Gasteiger charge is 2.40. The number of benzene rings is 2. The lowest BCUT2D eigenvalue weighted by molar-refractivity contribution is -0.138. The van der Waals surface area contributed by atoms with Gasteiger partial charge in [0.05, 0.1) is 21.7 Å². The van der Waals surface area contributed by atoms with E-state index in [0.29, 0.717) is 55.2 Å². The number of hydrogen-bond acceptors (Lipinski definition) is 5. The Hall–Kier alpha value is -1.45. The second kappa shape index (κ2) is 8.48. The van der Waals surface area contributed by atoms with Crippen molar-refractivity contribution in [3.05, 3.63) is 59.7 Å². The summed E-state index contributed by atoms with van der Waals surface area (Å²) in [5, 5.41) is -1.43. The van der Waals surface area contributed by atoms with Crippen LogP contribution in [0, 0.1) is 0 Å². The zero-order chi connectivity index (χ0) is 23.9. The molecule has 0 aromatic heterocycles. The van der Waals surface area contributed by atoms with Crippen LogP contribution in [0.15, 0.2) is 48.5 Å². The van der Waals surface area contributed by atoms with Crippen LogP contribution < -0.4 is 10.6 Å². The molecule has 2 aromatic carbocycles. The van der Waals surface area contributed by atoms with Gasteiger partial charge in [-0.2, -0.15) is 26.3 Å². The summed E-state index contributed by atoms with van der Waals surface area (Å²) < 4.78 is 121. The molecule has 2 aromatic rings. The van der Waals surface area contributed by atoms with Crippen LogP contribution in [0.4, 0.5) is 26.3 Å². The van der Waals surface area contributed by atoms with Crippen molar-refractivity contribution >= 4 is 33.4 Å². The third-order valence-electron chi connectivity index (χ3n) is 3.56. The van der Waals surface area contributed by atoms with Gasteiger partial charge in [0, 0.05) is 6.66 Å². The van der Waals surface area contributed by atoms with E-state index in [1.165, 1.54) is 0 Å². The second-order valence-corrected chi connectivity index (χ2v) is 12.0. The highest BCUT2D eigenvalue weighted by Crippen LogP contribution is 2.66. The predicted molar refractivity (Wildman–Crippen MR) is 97.5 cm³/mol. The average Bonchev–Trinajstić information content (AvgIpc) is 2.58. The zero-order valence-corrected chi connectivity index (χ0v) is 17.8. The van der Waals surface area contributed by atoms with Gasteiger partial charge in [-0.1, -0.05) is 0 Å². The molecule has 0 spiro atoms. The van der Waals surface area contributed by atoms with Gasteiger partial charge in [0.15, 0.2) is 0 Å². The molecule has 0 fully saturated rings. The highest BCUT2D eigenvalue weighted by atomic mass is 31.3. The zero-order valence-electron chi connectivity index (χ0n) is 15.2. The van der Waals surface area contributed by atoms with Crippen molar-refractivity contribution in [2.24, 2.45) is 0 Å². The van der Waals surface area contributed by atoms with Gasteiger partial charge in [-0.15, -0.1) is 0 Å². The molecule has 2 unspecified atom stereocenters. The molecular formula is C15H13F6O7P3. The summed E-state index contributed by atoms with van der Waals surface area (Å²) in [4.78, 5) is 19.8. The van der Waals surface area contributed by atoms with E-state index in [1.807, 2.05) is 0 Å². The van der Waals surface area contributed by atoms with E-state index in [0.717, 1.165) is 0 Å². The van der Waals surface area contributed by atoms with Gasteiger partial charge >= 0.3 is 35.1 Å². The maximum atomic E-state index is 12.6. The molecule has 16 heteroatoms. The molecule has 2 N–H and O–H groups in total. The van der Waals surface area contributed by atoms with E-state index in [2.05, 4.69) is 8.62 Å². The molecule has 0 amide bonds. The minimum Gasteiger partial charge on any atom is -0.321 e. The molecule has 172 valence electrons. The molecule has 0 aliphatic rings. The first-order valence-corrected chi connectivity index (χ1v) is 13.0. The summed E-state index contributed by atoms with van der Waals surface area (Å²) in [5.41, 5.74) is -2.29. The monoisotopic (exact) mass is 512 g/mol. The smallest absolute Gasteiger partial charge is 0.321 e. The Morgan fingerprint density at radius 2 is 0.903 bits per heavy atom. The lowest BCUT2D eigenvalue weighted by atomic mass is 10.2. The van der Waals surface area contributed by atoms with Crippen LogP contribution in [0.1, 0.15) is 11.1 Å². The fourth-order valence-corrected chi connectivity index (χ4v) is 7.60. The standard InChI is InChI=1S/C15H13F6O7P3/c1-29(22,27-30(23,24)12-6-2-10(3-7-12)14(16,17)18)28-31(25,26)13-8-4-11(5-9-13)15(19,20)21/h2-9H,1H3,(H,23,24)(H,25,26). The number of rotatable bonds is 6. The molecule has 0 aliphatic heterocycles. The minimum absolute atomic E-state index is 0.460. The Morgan fingerprint density at radius 1 is 0.645 bits per heavy atom. The Labute approximate surface area is 171 Å². The van der Waals surface area contributed by atoms with Crippen molar-refractivity contribution in [2.45, 2.75) is 12.4 Å². The third-order valence-corrected chi connectivity index (χ3v) is 9.61. The summed E-state index contributed by atoms with van der Waals surface area (Å²) in [6.07, 6.45) is -9.46. The van der Waals surface area contributed by atoms with Crippen molar-refractivity contribution < 1.29 is 58.4 Å². The maximum Gasteiger partial charge on any atom is 0.416 e. The van der Waals surface area contributed by atoms with Crippen molar-refractivity contribution in [3.8, 4) is 0 Å². The number of halogens is 6. The first kappa shape index (κ1) is 25.8. The van der Waals surface area contributed by atoms with Gasteiger partial charge in [0.2, 0.25) is 0 Å². The number of alkyl halides is 6. The molecule has 0 heterocycles. The molecule has 0 radical (unpaired) electrons. The van der Waals surface area contributed by atoms with E-state index in [4.69, 9.17) is 0 Å². The Balaban J connectivity index is 2.21. The largest absolute Gasteiger partial charge is 0.416 e. The molecule has 0 saturated heterocycles. The fraction of sp³-hybridized carbons (Fsp3) is 0.200. The van der Waals surface area contributed by atoms with Crippen LogP contribution >= 0.6 is 22.8 Å². The van der Waals surface area contributed by atoms with Crippen LogP contribution in [-0.2, 0) is 34.7 Å². The topological polar surface area (TPSA) is 110 Å². The molecule has 2 atom stereocenters. The second-order valence-electron chi connectivity index (χ2n) is 6.06. The SMILES string of the molecule is CP(=O)(OP(=O)(O)c1ccc(C(F)(F)F)cc1)OP(=O)(O)c1ccc(C(F)(F)F)cc1. The summed E-state index contributed by atoms with van der Waals surface area (Å²) in [6, 6.07) is 4.17. The summed E-state index contributed by atoms with van der Waals surface area (Å²) in [5.74, 6) is 0. The highest BCUT2D eigenvalue weighted by molar-refractivity contribution is 7.76. The van der Waals surface area contributed by atoms with Crippen LogP contribution in [0.25, 0.3) is 0 Å². The third kappa shape index (κ3) is 6.76. The van der Waals surface area contributed by atoms with E-state index >= 15 is 0 Å². The van der Waals surface area contributed by atoms with Crippen molar-refractivity contribution in [1.29, 1.82) is 0 Å². The van der Waals surface area contributed by atoms with Gasteiger partial charge in [0.25, 0.3) is 0 Å². The van der Waals surface area contributed by atoms with Crippen LogP contribution in [0.3, 0.4) is 0 Å². The van der Waals surface area contributed by atoms with Crippen molar-refractivity contribution in [3.63, 3.8) is 0 Å². The lowest BCUT2D eigenvalue weighted by Gasteiger charge is -2.21. The van der Waals surface area contributed by atoms with E-state index < -0.39 is 56.9 Å². The molecule has 2 rings (SSSR count). The van der Waals surface area contributed by atoms with Gasteiger partial charge < -0.3 is 9.79 Å². The summed E-state index contributed by atoms with van der Waals surface area (Å²) in [6.45, 7) is 0.535. The van der Waals surface area contributed by atoms with E-state index in [9.17, 15) is 49.8 Å². The van der Waals surface area contributed by atoms with Crippen LogP contribution in [-0.4, -0.2) is 16.5 Å². The van der Waals surface area contributed by atoms with Gasteiger partial charge in [-0.3, -0.25) is 13.7 Å². The molecule has 0 aliphatic carbocycles. The molecule has 31 heavy (non-hydrogen) atoms. The number of hydrogen-bond donors (Lipinski definition) is 2. The van der Waals surface area contributed by atoms with E-state index in [-0.39, 0.29) is 0 Å². The van der Waals surface area contributed by atoms with Gasteiger partial charge in [0.1, 0.15) is 0 Å². The fourth-order valence-electron chi connectivity index (χ4n) is 2.19. The Kier molecular flexibility index (Phi) is 7.06. The minimum atomic E-state index is -5.08. The summed E-state index contributed by atoms with van der Waals surface area (Å²) >= 11 is 0. The van der Waals surface area contributed by atoms with Gasteiger partial charge in [-0.25, -0.2) is 8.62 Å². The predicted octanol–water partition coefficient (Wildman–Crippen LogP) is 4.90. The Morgan fingerprint density at radius 3 is 1.13 bits per heavy atom. The van der Waals surface area contributed by atoms with Crippen molar-refractivity contribution in [2.75, 3.05) is 6.66 Å². The lowest BCUT2D eigenvalue weighted by Crippen LogP contribution is -2.12. The maximum absolute atomic E-state index is 12.6. The van der Waals surface area contributed by atoms with Crippen molar-refractivity contribution in [1.82, 2.24) is 0 Å². The summed E-state index contributed by atoms with van der Waals surface area (Å²) in [7, 11) is -15.0. The van der Waals surface area contributed by atoms with Crippen LogP contribution in [0.5, 0.6) is 0 Å². The average molecular weight is 512 g/mol. The van der Waals surface area contributed by atoms with Gasteiger partial charge in [-0.05, 0) is 48.5 Å². The van der Waals surface area contributed by atoms with Crippen LogP contribution in [0.2, 0.25) is 0 Å². The molecule has 0 bridgehead atoms. The molecule has 7 nitrogen and oxygen atoms in total. The Bertz CT molecular complexity index is 997. The quantitative estimate of drug-likeness (QED) is 0.419. The van der Waals surface area contributed by atoms with E-state index in [1.54, 1.807) is 0 Å². The first-order valence-electron chi connectivity index (χ1n) is 7.85. The molecule has 0 saturated carbocycles. The molecular weight excluding hydrogens is 499 g/mol.